The number of H-pyrrole nitrogens is 1. The maximum atomic E-state index is 14.2. The molecule has 2 amide bonds. The van der Waals surface area contributed by atoms with Crippen LogP contribution in [-0.4, -0.2) is 78.4 Å². The summed E-state index contributed by atoms with van der Waals surface area (Å²) in [6.45, 7) is 0. The number of methoxy groups -OCH3 is 2. The van der Waals surface area contributed by atoms with Gasteiger partial charge < -0.3 is 25.1 Å². The molecule has 5 aromatic rings. The Labute approximate surface area is 364 Å². The standard InChI is InChI=1S/C23H21FN4O2.C15H12BrFN2O2.C8H11NO2/c1-30-17-6-4-12(9-15(17)24)21-25-11-13-3-5-14-18-16(26-20(14)19(13)27-21)10-23(7-2-8-23)28-22(18)29;1-21-12-5-3-8(6-11(12)17)15-18-7-9-2-4-10(16)14(20)13(9)19-15;10-6-4-7(11)9-8(5-6)2-1-3-8/h4,6,9,11,26H,2-3,5,7-8,10H2,1H3,(H,28,29);3,5-7,10H,2,4H2,1H3;1-5H2,(H,9,11). The SMILES string of the molecule is COc1ccc(-c2ncc3c(n2)-c2[nH]c4c(c2CC3)C(=O)NC2(CCC2)C4)cc1F.COc1ccc(-c2ncc3c(n2)C(=O)C(Br)CC3)cc1F.O=C1CC(=O)NC2(CCC2)C1. The molecule has 1 unspecified atom stereocenters. The monoisotopic (exact) mass is 907 g/mol. The largest absolute Gasteiger partial charge is 0.494 e. The molecule has 1 saturated heterocycles. The Morgan fingerprint density at radius 3 is 1.87 bits per heavy atom. The number of aryl methyl sites for hydroxylation is 2. The molecule has 11 rings (SSSR count). The molecule has 0 bridgehead atoms. The van der Waals surface area contributed by atoms with E-state index in [4.69, 9.17) is 14.5 Å². The number of nitrogens with zero attached hydrogens (tertiary/aromatic N) is 4. The summed E-state index contributed by atoms with van der Waals surface area (Å²) in [7, 11) is 2.84. The maximum absolute atomic E-state index is 14.2. The molecule has 5 heterocycles. The fraction of sp³-hybridized carbons (Fsp3) is 0.391. The summed E-state index contributed by atoms with van der Waals surface area (Å²) in [5, 5.41) is 6.15. The number of carbonyl (C=O) groups is 4. The van der Waals surface area contributed by atoms with E-state index >= 15 is 0 Å². The summed E-state index contributed by atoms with van der Waals surface area (Å²) in [5.41, 5.74) is 7.80. The van der Waals surface area contributed by atoms with E-state index in [0.29, 0.717) is 34.9 Å². The summed E-state index contributed by atoms with van der Waals surface area (Å²) in [5.74, 6) is 0.212. The smallest absolute Gasteiger partial charge is 0.253 e. The van der Waals surface area contributed by atoms with Crippen molar-refractivity contribution in [2.24, 2.45) is 0 Å². The molecule has 4 aliphatic carbocycles. The van der Waals surface area contributed by atoms with Crippen LogP contribution in [0.25, 0.3) is 34.2 Å². The van der Waals surface area contributed by atoms with Gasteiger partial charge in [0.2, 0.25) is 5.91 Å². The minimum absolute atomic E-state index is 0.0309. The second kappa shape index (κ2) is 16.4. The van der Waals surface area contributed by atoms with Gasteiger partial charge in [-0.25, -0.2) is 28.7 Å². The van der Waals surface area contributed by atoms with Gasteiger partial charge in [-0.05, 0) is 117 Å². The molecule has 3 N–H and O–H groups in total. The van der Waals surface area contributed by atoms with E-state index in [1.165, 1.54) is 32.4 Å². The number of benzene rings is 2. The van der Waals surface area contributed by atoms with Gasteiger partial charge in [-0.1, -0.05) is 15.9 Å². The number of ether oxygens (including phenoxy) is 2. The van der Waals surface area contributed by atoms with E-state index in [1.807, 2.05) is 6.20 Å². The number of ketones is 2. The number of piperidine rings is 1. The van der Waals surface area contributed by atoms with Crippen molar-refractivity contribution >= 4 is 39.3 Å². The topological polar surface area (TPSA) is 178 Å². The Bertz CT molecular complexity index is 2640. The molecular weight excluding hydrogens is 864 g/mol. The van der Waals surface area contributed by atoms with Gasteiger partial charge in [0, 0.05) is 53.1 Å². The van der Waals surface area contributed by atoms with E-state index in [9.17, 15) is 28.0 Å². The molecule has 1 atom stereocenters. The number of alkyl halides is 1. The zero-order valence-electron chi connectivity index (χ0n) is 34.3. The number of rotatable bonds is 4. The van der Waals surface area contributed by atoms with Crippen molar-refractivity contribution in [1.82, 2.24) is 35.6 Å². The molecule has 2 aromatic carbocycles. The third-order valence-corrected chi connectivity index (χ3v) is 13.7. The summed E-state index contributed by atoms with van der Waals surface area (Å²) in [6.07, 6.45) is 14.4. The highest BCUT2D eigenvalue weighted by atomic mass is 79.9. The van der Waals surface area contributed by atoms with Gasteiger partial charge in [0.1, 0.15) is 11.5 Å². The zero-order valence-corrected chi connectivity index (χ0v) is 35.8. The molecule has 16 heteroatoms. The molecule has 2 spiro atoms. The molecule has 2 saturated carbocycles. The predicted molar refractivity (Wildman–Crippen MR) is 227 cm³/mol. The number of nitrogens with one attached hydrogen (secondary N) is 3. The van der Waals surface area contributed by atoms with Gasteiger partial charge in [-0.15, -0.1) is 0 Å². The Balaban J connectivity index is 0.000000132. The number of fused-ring (bicyclic) bond motifs is 6. The summed E-state index contributed by atoms with van der Waals surface area (Å²) in [4.78, 5) is 68.1. The number of hydrogen-bond acceptors (Lipinski definition) is 10. The van der Waals surface area contributed by atoms with Crippen LogP contribution in [0.15, 0.2) is 48.8 Å². The van der Waals surface area contributed by atoms with Crippen LogP contribution in [0, 0.1) is 11.6 Å². The minimum atomic E-state index is -0.485. The number of halogens is 3. The molecule has 62 heavy (non-hydrogen) atoms. The highest BCUT2D eigenvalue weighted by Crippen LogP contribution is 2.43. The number of Topliss-reactive ketones (excluding diaryl/α,β-unsaturated/α-hetero) is 2. The molecular formula is C46H44BrF2N7O6. The van der Waals surface area contributed by atoms with Crippen LogP contribution in [0.4, 0.5) is 8.78 Å². The third-order valence-electron chi connectivity index (χ3n) is 12.8. The van der Waals surface area contributed by atoms with Crippen molar-refractivity contribution in [1.29, 1.82) is 0 Å². The first-order valence-corrected chi connectivity index (χ1v) is 21.8. The Kier molecular flexibility index (Phi) is 11.0. The second-order valence-electron chi connectivity index (χ2n) is 16.9. The van der Waals surface area contributed by atoms with Crippen molar-refractivity contribution in [3.05, 3.63) is 94.1 Å². The quantitative estimate of drug-likeness (QED) is 0.124. The lowest BCUT2D eigenvalue weighted by Gasteiger charge is -2.45. The van der Waals surface area contributed by atoms with Gasteiger partial charge in [0.25, 0.3) is 5.91 Å². The number of amides is 2. The Hall–Kier alpha value is -5.90. The fourth-order valence-corrected chi connectivity index (χ4v) is 9.72. The van der Waals surface area contributed by atoms with Gasteiger partial charge in [-0.2, -0.15) is 0 Å². The van der Waals surface area contributed by atoms with Gasteiger partial charge in [0.05, 0.1) is 42.4 Å². The number of aromatic amines is 1. The first-order valence-electron chi connectivity index (χ1n) is 20.8. The van der Waals surface area contributed by atoms with Crippen molar-refractivity contribution in [2.45, 2.75) is 99.4 Å². The van der Waals surface area contributed by atoms with Crippen LogP contribution in [-0.2, 0) is 35.3 Å². The van der Waals surface area contributed by atoms with Gasteiger partial charge >= 0.3 is 0 Å². The van der Waals surface area contributed by atoms with Crippen LogP contribution in [0.1, 0.15) is 101 Å². The third kappa shape index (κ3) is 7.77. The van der Waals surface area contributed by atoms with Crippen LogP contribution < -0.4 is 20.1 Å². The lowest BCUT2D eigenvalue weighted by Crippen LogP contribution is -2.58. The lowest BCUT2D eigenvalue weighted by molar-refractivity contribution is -0.136. The Morgan fingerprint density at radius 1 is 0.742 bits per heavy atom. The second-order valence-corrected chi connectivity index (χ2v) is 18.0. The average Bonchev–Trinajstić information content (AvgIpc) is 3.63. The number of hydrogen-bond donors (Lipinski definition) is 3. The van der Waals surface area contributed by atoms with Gasteiger partial charge in [0.15, 0.2) is 40.6 Å². The van der Waals surface area contributed by atoms with E-state index in [2.05, 4.69) is 46.5 Å². The highest BCUT2D eigenvalue weighted by molar-refractivity contribution is 9.10. The summed E-state index contributed by atoms with van der Waals surface area (Å²) >= 11 is 3.35. The molecule has 13 nitrogen and oxygen atoms in total. The van der Waals surface area contributed by atoms with Crippen molar-refractivity contribution in [3.63, 3.8) is 0 Å². The molecule has 3 aromatic heterocycles. The summed E-state index contributed by atoms with van der Waals surface area (Å²) in [6, 6.07) is 9.21. The van der Waals surface area contributed by atoms with Gasteiger partial charge in [-0.3, -0.25) is 19.2 Å². The van der Waals surface area contributed by atoms with Crippen molar-refractivity contribution in [2.75, 3.05) is 14.2 Å². The molecule has 6 aliphatic rings. The average molecular weight is 909 g/mol. The molecule has 2 aliphatic heterocycles. The van der Waals surface area contributed by atoms with Crippen LogP contribution in [0.2, 0.25) is 0 Å². The first-order chi connectivity index (χ1) is 29.9. The molecule has 3 fully saturated rings. The van der Waals surface area contributed by atoms with E-state index in [-0.39, 0.29) is 57.2 Å². The maximum Gasteiger partial charge on any atom is 0.253 e. The van der Waals surface area contributed by atoms with E-state index < -0.39 is 11.6 Å². The summed E-state index contributed by atoms with van der Waals surface area (Å²) < 4.78 is 37.8. The van der Waals surface area contributed by atoms with E-state index in [1.54, 1.807) is 24.4 Å². The van der Waals surface area contributed by atoms with Crippen LogP contribution >= 0.6 is 15.9 Å². The van der Waals surface area contributed by atoms with E-state index in [0.717, 1.165) is 110 Å². The number of aromatic nitrogens is 5. The number of carbonyl (C=O) groups excluding carboxylic acids is 4. The molecule has 320 valence electrons. The van der Waals surface area contributed by atoms with Crippen molar-refractivity contribution in [3.8, 4) is 45.7 Å². The lowest BCUT2D eigenvalue weighted by atomic mass is 9.71. The van der Waals surface area contributed by atoms with Crippen LogP contribution in [0.5, 0.6) is 11.5 Å². The minimum Gasteiger partial charge on any atom is -0.494 e. The van der Waals surface area contributed by atoms with Crippen LogP contribution in [0.3, 0.4) is 0 Å². The fourth-order valence-electron chi connectivity index (χ4n) is 9.27. The normalized spacial score (nSPS) is 19.7. The highest BCUT2D eigenvalue weighted by Gasteiger charge is 2.45. The van der Waals surface area contributed by atoms with Crippen molar-refractivity contribution < 1.29 is 37.4 Å². The Morgan fingerprint density at radius 2 is 1.32 bits per heavy atom. The molecule has 0 radical (unpaired) electrons. The first kappa shape index (κ1) is 41.5. The predicted octanol–water partition coefficient (Wildman–Crippen LogP) is 7.17. The zero-order chi connectivity index (χ0) is 43.3.